The molecule has 0 aromatic heterocycles. The zero-order valence-electron chi connectivity index (χ0n) is 26.5. The second kappa shape index (κ2) is 16.5. The Morgan fingerprint density at radius 3 is 1.76 bits per heavy atom. The van der Waals surface area contributed by atoms with Crippen molar-refractivity contribution < 1.29 is 48.5 Å². The summed E-state index contributed by atoms with van der Waals surface area (Å²) in [5, 5.41) is 34.7. The number of rotatable bonds is 12. The number of carbonyl (C=O) groups is 3. The normalized spacial score (nSPS) is 25.5. The summed E-state index contributed by atoms with van der Waals surface area (Å²) in [6.45, 7) is -0.395. The van der Waals surface area contributed by atoms with Gasteiger partial charge in [-0.2, -0.15) is 0 Å². The number of hydrogen-bond acceptors (Lipinski definition) is 12. The van der Waals surface area contributed by atoms with Gasteiger partial charge in [-0.25, -0.2) is 0 Å². The van der Waals surface area contributed by atoms with Gasteiger partial charge in [-0.05, 0) is 132 Å². The van der Waals surface area contributed by atoms with E-state index in [2.05, 4.69) is 117 Å². The minimum absolute atomic E-state index is 0.00590. The Morgan fingerprint density at radius 1 is 0.824 bits per heavy atom. The van der Waals surface area contributed by atoms with Gasteiger partial charge in [-0.3, -0.25) is 14.4 Å². The molecule has 4 atom stereocenters. The molecule has 2 aliphatic heterocycles. The Bertz CT molecular complexity index is 1820. The van der Waals surface area contributed by atoms with E-state index in [1.165, 1.54) is 14.2 Å². The second-order valence-electron chi connectivity index (χ2n) is 11.5. The first-order chi connectivity index (χ1) is 24.1. The molecule has 0 saturated heterocycles. The SMILES string of the molecule is COC1=C(Br)[C@H](O)[C@@]2(C=C1Br)CC(C(=O)NCCc1cc(Br)c(OCC(=O)CNC(=O)C3=NO[C@]4(C=C(Br)C(OC)=C(Br)[C@@H]4O)C3)c(Br)c1)=NO2. The first-order valence-corrected chi connectivity index (χ1v) is 19.6. The number of carbonyl (C=O) groups excluding carboxylic acids is 3. The number of halogens is 6. The molecule has 1 aromatic carbocycles. The standard InChI is InChI=1S/C31H28Br6N4O10/c1-47-24-17(34)7-30(26(43)21(24)36)9-19(40-50-30)28(45)38-4-3-13-5-15(32)23(16(33)6-13)49-12-14(42)11-39-29(46)20-10-31(51-41-20)8-18(35)25(48-2)22(37)27(31)44/h5-8,26-27,43-44H,3-4,9-12H2,1-2H3,(H,38,45)(H,39,46)/t26-,27-,30+,31+/m0/s1. The molecule has 0 unspecified atom stereocenters. The molecular weight excluding hydrogens is 1070 g/mol. The van der Waals surface area contributed by atoms with Crippen molar-refractivity contribution in [3.63, 3.8) is 0 Å². The lowest BCUT2D eigenvalue weighted by atomic mass is 9.87. The second-order valence-corrected chi connectivity index (χ2v) is 16.6. The van der Waals surface area contributed by atoms with Gasteiger partial charge in [-0.1, -0.05) is 10.3 Å². The number of aliphatic hydroxyl groups excluding tert-OH is 2. The molecule has 2 spiro atoms. The molecule has 2 aliphatic carbocycles. The van der Waals surface area contributed by atoms with Crippen LogP contribution >= 0.6 is 95.6 Å². The summed E-state index contributed by atoms with van der Waals surface area (Å²) in [6.07, 6.45) is 1.34. The molecule has 2 amide bonds. The molecule has 2 heterocycles. The van der Waals surface area contributed by atoms with Crippen LogP contribution in [0.4, 0.5) is 0 Å². The van der Waals surface area contributed by atoms with Crippen LogP contribution in [0.3, 0.4) is 0 Å². The minimum atomic E-state index is -1.32. The lowest BCUT2D eigenvalue weighted by Crippen LogP contribution is -2.45. The molecule has 51 heavy (non-hydrogen) atoms. The van der Waals surface area contributed by atoms with E-state index in [-0.39, 0.29) is 44.0 Å². The van der Waals surface area contributed by atoms with Crippen LogP contribution in [0, 0.1) is 0 Å². The quantitative estimate of drug-likeness (QED) is 0.227. The average Bonchev–Trinajstić information content (AvgIpc) is 3.71. The fraction of sp³-hybridized carbons (Fsp3) is 0.387. The summed E-state index contributed by atoms with van der Waals surface area (Å²) < 4.78 is 19.2. The third kappa shape index (κ3) is 8.37. The summed E-state index contributed by atoms with van der Waals surface area (Å²) in [6, 6.07) is 3.59. The van der Waals surface area contributed by atoms with Gasteiger partial charge >= 0.3 is 0 Å². The number of ether oxygens (including phenoxy) is 3. The van der Waals surface area contributed by atoms with Crippen molar-refractivity contribution in [2.45, 2.75) is 42.7 Å². The number of ketones is 1. The molecule has 20 heteroatoms. The summed E-state index contributed by atoms with van der Waals surface area (Å²) in [7, 11) is 2.93. The Morgan fingerprint density at radius 2 is 1.29 bits per heavy atom. The van der Waals surface area contributed by atoms with E-state index < -0.39 is 41.0 Å². The van der Waals surface area contributed by atoms with Crippen LogP contribution in [-0.4, -0.2) is 96.6 Å². The maximum Gasteiger partial charge on any atom is 0.269 e. The van der Waals surface area contributed by atoms with Crippen molar-refractivity contribution in [1.29, 1.82) is 0 Å². The zero-order valence-corrected chi connectivity index (χ0v) is 36.0. The van der Waals surface area contributed by atoms with Crippen LogP contribution in [-0.2, 0) is 40.0 Å². The van der Waals surface area contributed by atoms with E-state index >= 15 is 0 Å². The van der Waals surface area contributed by atoms with Crippen LogP contribution in [0.15, 0.2) is 73.0 Å². The minimum Gasteiger partial charge on any atom is -0.495 e. The number of benzene rings is 1. The predicted octanol–water partition coefficient (Wildman–Crippen LogP) is 4.78. The largest absolute Gasteiger partial charge is 0.495 e. The smallest absolute Gasteiger partial charge is 0.269 e. The number of nitrogens with zero attached hydrogens (tertiary/aromatic N) is 2. The van der Waals surface area contributed by atoms with Crippen molar-refractivity contribution in [2.75, 3.05) is 33.9 Å². The summed E-state index contributed by atoms with van der Waals surface area (Å²) in [5.74, 6) is -0.284. The fourth-order valence-electron chi connectivity index (χ4n) is 5.44. The number of aliphatic hydroxyl groups is 2. The monoisotopic (exact) mass is 1090 g/mol. The van der Waals surface area contributed by atoms with Gasteiger partial charge in [0.05, 0.1) is 47.6 Å². The fourth-order valence-corrected chi connectivity index (χ4v) is 10.5. The highest BCUT2D eigenvalue weighted by molar-refractivity contribution is 9.12. The highest BCUT2D eigenvalue weighted by atomic mass is 79.9. The van der Waals surface area contributed by atoms with Gasteiger partial charge < -0.3 is 44.7 Å². The molecule has 0 saturated carbocycles. The maximum atomic E-state index is 12.9. The number of methoxy groups -OCH3 is 2. The van der Waals surface area contributed by atoms with Crippen LogP contribution in [0.2, 0.25) is 0 Å². The molecule has 0 fully saturated rings. The Balaban J connectivity index is 1.06. The van der Waals surface area contributed by atoms with Crippen molar-refractivity contribution in [2.24, 2.45) is 10.3 Å². The van der Waals surface area contributed by atoms with E-state index in [0.29, 0.717) is 50.6 Å². The Hall–Kier alpha value is -2.07. The van der Waals surface area contributed by atoms with Gasteiger partial charge in [0.25, 0.3) is 11.8 Å². The summed E-state index contributed by atoms with van der Waals surface area (Å²) in [5.41, 5.74) is -1.59. The number of allylic oxidation sites excluding steroid dienone is 2. The first kappa shape index (κ1) is 40.1. The van der Waals surface area contributed by atoms with Gasteiger partial charge in [0.2, 0.25) is 0 Å². The topological polar surface area (TPSA) is 187 Å². The third-order valence-corrected chi connectivity index (χ3v) is 12.0. The molecule has 0 radical (unpaired) electrons. The van der Waals surface area contributed by atoms with E-state index in [9.17, 15) is 24.6 Å². The van der Waals surface area contributed by atoms with Crippen LogP contribution < -0.4 is 15.4 Å². The highest BCUT2D eigenvalue weighted by Crippen LogP contribution is 2.45. The maximum absolute atomic E-state index is 12.9. The van der Waals surface area contributed by atoms with E-state index in [1.807, 2.05) is 0 Å². The molecular formula is C31H28Br6N4O10. The third-order valence-electron chi connectivity index (χ3n) is 8.07. The number of nitrogens with one attached hydrogen (secondary N) is 2. The molecule has 14 nitrogen and oxygen atoms in total. The molecule has 1 aromatic rings. The van der Waals surface area contributed by atoms with Crippen LogP contribution in [0.25, 0.3) is 0 Å². The number of amides is 2. The molecule has 4 N–H and O–H groups in total. The lowest BCUT2D eigenvalue weighted by molar-refractivity contribution is -0.123. The number of oxime groups is 2. The van der Waals surface area contributed by atoms with Crippen molar-refractivity contribution >= 4 is 125 Å². The molecule has 274 valence electrons. The lowest BCUT2D eigenvalue weighted by Gasteiger charge is -2.33. The predicted molar refractivity (Wildman–Crippen MR) is 206 cm³/mol. The number of hydrogen-bond donors (Lipinski definition) is 4. The number of Topliss-reactive ketones (excluding diaryl/α,β-unsaturated/α-hetero) is 1. The van der Waals surface area contributed by atoms with E-state index in [0.717, 1.165) is 5.56 Å². The van der Waals surface area contributed by atoms with Gasteiger partial charge in [0, 0.05) is 19.4 Å². The van der Waals surface area contributed by atoms with E-state index in [4.69, 9.17) is 23.9 Å². The van der Waals surface area contributed by atoms with Crippen molar-refractivity contribution in [3.8, 4) is 5.75 Å². The van der Waals surface area contributed by atoms with Crippen molar-refractivity contribution in [3.05, 3.63) is 68.2 Å². The van der Waals surface area contributed by atoms with Gasteiger partial charge in [0.15, 0.2) is 17.0 Å². The highest BCUT2D eigenvalue weighted by Gasteiger charge is 2.52. The summed E-state index contributed by atoms with van der Waals surface area (Å²) >= 11 is 20.4. The Kier molecular flexibility index (Phi) is 13.0. The van der Waals surface area contributed by atoms with E-state index in [1.54, 1.807) is 24.3 Å². The molecule has 0 bridgehead atoms. The molecule has 4 aliphatic rings. The van der Waals surface area contributed by atoms with Crippen LogP contribution in [0.1, 0.15) is 18.4 Å². The zero-order chi connectivity index (χ0) is 37.2. The van der Waals surface area contributed by atoms with Crippen molar-refractivity contribution in [1.82, 2.24) is 10.6 Å². The molecule has 5 rings (SSSR count). The first-order valence-electron chi connectivity index (χ1n) is 14.8. The van der Waals surface area contributed by atoms with Gasteiger partial charge in [-0.15, -0.1) is 0 Å². The summed E-state index contributed by atoms with van der Waals surface area (Å²) in [4.78, 5) is 49.3. The van der Waals surface area contributed by atoms with Gasteiger partial charge in [0.1, 0.15) is 47.5 Å². The Labute approximate surface area is 341 Å². The van der Waals surface area contributed by atoms with Crippen LogP contribution in [0.5, 0.6) is 5.75 Å². The average molecular weight is 1100 g/mol.